The quantitative estimate of drug-likeness (QED) is 0.778. The number of aryl methyl sites for hydroxylation is 1. The van der Waals surface area contributed by atoms with Crippen LogP contribution in [0.3, 0.4) is 0 Å². The predicted molar refractivity (Wildman–Crippen MR) is 88.2 cm³/mol. The summed E-state index contributed by atoms with van der Waals surface area (Å²) in [6.45, 7) is 4.77. The van der Waals surface area contributed by atoms with Gasteiger partial charge in [-0.05, 0) is 25.5 Å². The summed E-state index contributed by atoms with van der Waals surface area (Å²) < 4.78 is 3.05. The first kappa shape index (κ1) is 16.8. The molecule has 1 aromatic heterocycles. The van der Waals surface area contributed by atoms with Crippen molar-refractivity contribution in [3.05, 3.63) is 34.7 Å². The number of hydrogen-bond acceptors (Lipinski definition) is 3. The van der Waals surface area contributed by atoms with Crippen molar-refractivity contribution < 1.29 is 9.59 Å². The van der Waals surface area contributed by atoms with E-state index in [2.05, 4.69) is 10.6 Å². The molecule has 2 aromatic rings. The molecule has 1 aromatic carbocycles. The van der Waals surface area contributed by atoms with Crippen LogP contribution in [0.1, 0.15) is 20.3 Å². The van der Waals surface area contributed by atoms with Crippen LogP contribution < -0.4 is 16.3 Å². The summed E-state index contributed by atoms with van der Waals surface area (Å²) in [6, 6.07) is 7.35. The van der Waals surface area contributed by atoms with Gasteiger partial charge in [0.2, 0.25) is 11.8 Å². The molecular weight excluding hydrogens is 296 g/mol. The minimum absolute atomic E-state index is 0.0833. The highest BCUT2D eigenvalue weighted by atomic mass is 16.2. The highest BCUT2D eigenvalue weighted by molar-refractivity contribution is 5.85. The van der Waals surface area contributed by atoms with Crippen molar-refractivity contribution in [2.45, 2.75) is 33.4 Å². The Morgan fingerprint density at radius 3 is 2.26 bits per heavy atom. The van der Waals surface area contributed by atoms with Gasteiger partial charge in [-0.1, -0.05) is 19.1 Å². The van der Waals surface area contributed by atoms with Crippen molar-refractivity contribution >= 4 is 22.8 Å². The Bertz CT molecular complexity index is 760. The molecule has 0 radical (unpaired) electrons. The van der Waals surface area contributed by atoms with Gasteiger partial charge < -0.3 is 10.6 Å². The number of amides is 2. The van der Waals surface area contributed by atoms with Gasteiger partial charge in [0.1, 0.15) is 6.54 Å². The minimum atomic E-state index is -0.363. The smallest absolute Gasteiger partial charge is 0.329 e. The second-order valence-electron chi connectivity index (χ2n) is 5.23. The second kappa shape index (κ2) is 7.62. The van der Waals surface area contributed by atoms with E-state index in [0.717, 1.165) is 11.9 Å². The van der Waals surface area contributed by atoms with Crippen molar-refractivity contribution in [3.63, 3.8) is 0 Å². The highest BCUT2D eigenvalue weighted by Gasteiger charge is 2.14. The van der Waals surface area contributed by atoms with Crippen LogP contribution >= 0.6 is 0 Å². The third kappa shape index (κ3) is 3.80. The Morgan fingerprint density at radius 1 is 1.00 bits per heavy atom. The number of hydrogen-bond donors (Lipinski definition) is 2. The fourth-order valence-corrected chi connectivity index (χ4v) is 2.44. The molecule has 0 bridgehead atoms. The van der Waals surface area contributed by atoms with E-state index >= 15 is 0 Å². The standard InChI is InChI=1S/C16H22N4O3/c1-3-9-17-14(21)10-18-15(22)11-20-13-8-6-5-7-12(13)19(4-2)16(20)23/h5-8H,3-4,9-11H2,1-2H3,(H,17,21)(H,18,22). The van der Waals surface area contributed by atoms with Crippen molar-refractivity contribution in [2.75, 3.05) is 13.1 Å². The summed E-state index contributed by atoms with van der Waals surface area (Å²) in [4.78, 5) is 35.9. The van der Waals surface area contributed by atoms with Crippen LogP contribution in [0.25, 0.3) is 11.0 Å². The van der Waals surface area contributed by atoms with Crippen LogP contribution in [-0.2, 0) is 22.7 Å². The number of imidazole rings is 1. The van der Waals surface area contributed by atoms with E-state index in [1.54, 1.807) is 4.57 Å². The van der Waals surface area contributed by atoms with Gasteiger partial charge in [-0.25, -0.2) is 4.79 Å². The molecule has 0 aliphatic heterocycles. The number of carbonyl (C=O) groups is 2. The third-order valence-electron chi connectivity index (χ3n) is 3.56. The van der Waals surface area contributed by atoms with Gasteiger partial charge >= 0.3 is 5.69 Å². The molecule has 0 aliphatic rings. The molecule has 7 heteroatoms. The molecule has 0 saturated carbocycles. The molecule has 0 atom stereocenters. The molecule has 0 fully saturated rings. The van der Waals surface area contributed by atoms with Crippen LogP contribution in [0.15, 0.2) is 29.1 Å². The van der Waals surface area contributed by atoms with Crippen LogP contribution in [0.4, 0.5) is 0 Å². The van der Waals surface area contributed by atoms with E-state index in [-0.39, 0.29) is 30.6 Å². The predicted octanol–water partition coefficient (Wildman–Crippen LogP) is 0.465. The maximum absolute atomic E-state index is 12.4. The number of carbonyl (C=O) groups excluding carboxylic acids is 2. The van der Waals surface area contributed by atoms with Gasteiger partial charge in [0.25, 0.3) is 0 Å². The molecule has 7 nitrogen and oxygen atoms in total. The van der Waals surface area contributed by atoms with Crippen molar-refractivity contribution in [1.29, 1.82) is 0 Å². The number of nitrogens with zero attached hydrogens (tertiary/aromatic N) is 2. The topological polar surface area (TPSA) is 85.1 Å². The van der Waals surface area contributed by atoms with Gasteiger partial charge in [-0.2, -0.15) is 0 Å². The van der Waals surface area contributed by atoms with E-state index < -0.39 is 0 Å². The molecule has 124 valence electrons. The van der Waals surface area contributed by atoms with Crippen LogP contribution in [0.5, 0.6) is 0 Å². The summed E-state index contributed by atoms with van der Waals surface area (Å²) in [6.07, 6.45) is 0.839. The Kier molecular flexibility index (Phi) is 5.56. The molecule has 23 heavy (non-hydrogen) atoms. The van der Waals surface area contributed by atoms with Gasteiger partial charge in [0.15, 0.2) is 0 Å². The van der Waals surface area contributed by atoms with E-state index in [4.69, 9.17) is 0 Å². The lowest BCUT2D eigenvalue weighted by atomic mass is 10.3. The summed E-state index contributed by atoms with van der Waals surface area (Å²) in [5.74, 6) is -0.596. The molecular formula is C16H22N4O3. The summed E-state index contributed by atoms with van der Waals surface area (Å²) >= 11 is 0. The summed E-state index contributed by atoms with van der Waals surface area (Å²) in [7, 11) is 0. The lowest BCUT2D eigenvalue weighted by Crippen LogP contribution is -2.39. The molecule has 0 saturated heterocycles. The minimum Gasteiger partial charge on any atom is -0.355 e. The van der Waals surface area contributed by atoms with E-state index in [1.165, 1.54) is 4.57 Å². The molecule has 2 rings (SSSR count). The molecule has 1 heterocycles. The molecule has 0 unspecified atom stereocenters. The van der Waals surface area contributed by atoms with E-state index in [9.17, 15) is 14.4 Å². The fraction of sp³-hybridized carbons (Fsp3) is 0.438. The largest absolute Gasteiger partial charge is 0.355 e. The highest BCUT2D eigenvalue weighted by Crippen LogP contribution is 2.12. The maximum atomic E-state index is 12.4. The number of rotatable bonds is 7. The van der Waals surface area contributed by atoms with Crippen LogP contribution in [0, 0.1) is 0 Å². The fourth-order valence-electron chi connectivity index (χ4n) is 2.44. The third-order valence-corrected chi connectivity index (χ3v) is 3.56. The maximum Gasteiger partial charge on any atom is 0.329 e. The Labute approximate surface area is 134 Å². The Hall–Kier alpha value is -2.57. The normalized spacial score (nSPS) is 10.7. The summed E-state index contributed by atoms with van der Waals surface area (Å²) in [5, 5.41) is 5.22. The zero-order valence-electron chi connectivity index (χ0n) is 13.5. The molecule has 2 amide bonds. The first-order chi connectivity index (χ1) is 11.1. The lowest BCUT2D eigenvalue weighted by Gasteiger charge is -2.06. The SMILES string of the molecule is CCCNC(=O)CNC(=O)Cn1c(=O)n(CC)c2ccccc21. The molecule has 0 spiro atoms. The van der Waals surface area contributed by atoms with Crippen LogP contribution in [0.2, 0.25) is 0 Å². The van der Waals surface area contributed by atoms with Crippen molar-refractivity contribution in [3.8, 4) is 0 Å². The van der Waals surface area contributed by atoms with Gasteiger partial charge in [0, 0.05) is 13.1 Å². The van der Waals surface area contributed by atoms with Gasteiger partial charge in [-0.15, -0.1) is 0 Å². The number of fused-ring (bicyclic) bond motifs is 1. The van der Waals surface area contributed by atoms with Crippen molar-refractivity contribution in [2.24, 2.45) is 0 Å². The lowest BCUT2D eigenvalue weighted by molar-refractivity contribution is -0.126. The molecule has 0 aliphatic carbocycles. The number of nitrogens with one attached hydrogen (secondary N) is 2. The zero-order valence-corrected chi connectivity index (χ0v) is 13.5. The van der Waals surface area contributed by atoms with Gasteiger partial charge in [0.05, 0.1) is 17.6 Å². The average molecular weight is 318 g/mol. The van der Waals surface area contributed by atoms with Crippen molar-refractivity contribution in [1.82, 2.24) is 19.8 Å². The number of benzene rings is 1. The first-order valence-electron chi connectivity index (χ1n) is 7.80. The zero-order chi connectivity index (χ0) is 16.8. The first-order valence-corrected chi connectivity index (χ1v) is 7.80. The number of para-hydroxylation sites is 2. The van der Waals surface area contributed by atoms with Crippen LogP contribution in [-0.4, -0.2) is 34.0 Å². The Morgan fingerprint density at radius 2 is 1.65 bits per heavy atom. The molecule has 2 N–H and O–H groups in total. The second-order valence-corrected chi connectivity index (χ2v) is 5.23. The average Bonchev–Trinajstić information content (AvgIpc) is 2.82. The summed E-state index contributed by atoms with van der Waals surface area (Å²) in [5.41, 5.74) is 1.29. The Balaban J connectivity index is 2.10. The van der Waals surface area contributed by atoms with E-state index in [0.29, 0.717) is 18.6 Å². The van der Waals surface area contributed by atoms with Gasteiger partial charge in [-0.3, -0.25) is 18.7 Å². The monoisotopic (exact) mass is 318 g/mol. The number of aromatic nitrogens is 2. The van der Waals surface area contributed by atoms with E-state index in [1.807, 2.05) is 38.1 Å².